The summed E-state index contributed by atoms with van der Waals surface area (Å²) in [5.74, 6) is -0.312. The van der Waals surface area contributed by atoms with Crippen LogP contribution in [-0.4, -0.2) is 27.5 Å². The molecule has 0 spiro atoms. The van der Waals surface area contributed by atoms with Gasteiger partial charge in [-0.25, -0.2) is 4.98 Å². The normalized spacial score (nSPS) is 9.93. The number of aliphatic hydroxyl groups excluding tert-OH is 1. The van der Waals surface area contributed by atoms with Gasteiger partial charge in [-0.05, 0) is 17.8 Å². The summed E-state index contributed by atoms with van der Waals surface area (Å²) >= 11 is 0.798. The topological polar surface area (TPSA) is 105 Å². The van der Waals surface area contributed by atoms with Gasteiger partial charge in [0.25, 0.3) is 0 Å². The number of nitro groups is 1. The van der Waals surface area contributed by atoms with E-state index in [1.165, 1.54) is 0 Å². The third kappa shape index (κ3) is 3.60. The molecule has 0 aliphatic rings. The van der Waals surface area contributed by atoms with E-state index in [1.54, 1.807) is 0 Å². The lowest BCUT2D eigenvalue weighted by Gasteiger charge is -1.98. The number of aromatic nitrogens is 1. The minimum absolute atomic E-state index is 0.0641. The largest absolute Gasteiger partial charge is 0.396 e. The van der Waals surface area contributed by atoms with Crippen LogP contribution in [0.25, 0.3) is 0 Å². The minimum atomic E-state index is -0.568. The molecule has 1 rings (SSSR count). The zero-order valence-corrected chi connectivity index (χ0v) is 8.49. The number of thiazole rings is 1. The van der Waals surface area contributed by atoms with Gasteiger partial charge in [0.15, 0.2) is 5.13 Å². The first-order valence-electron chi connectivity index (χ1n) is 4.14. The molecule has 0 saturated carbocycles. The summed E-state index contributed by atoms with van der Waals surface area (Å²) in [6, 6.07) is 0. The minimum Gasteiger partial charge on any atom is -0.396 e. The quantitative estimate of drug-likeness (QED) is 0.575. The molecule has 1 amide bonds. The fourth-order valence-corrected chi connectivity index (χ4v) is 1.48. The smallest absolute Gasteiger partial charge is 0.345 e. The number of carbonyl (C=O) groups excluding carboxylic acids is 1. The summed E-state index contributed by atoms with van der Waals surface area (Å²) in [7, 11) is 0. The molecule has 0 aliphatic carbocycles. The summed E-state index contributed by atoms with van der Waals surface area (Å²) in [4.78, 5) is 24.5. The van der Waals surface area contributed by atoms with Crippen LogP contribution in [0.5, 0.6) is 0 Å². The Morgan fingerprint density at radius 1 is 1.73 bits per heavy atom. The van der Waals surface area contributed by atoms with Crippen LogP contribution in [0, 0.1) is 10.1 Å². The molecule has 0 atom stereocenters. The van der Waals surface area contributed by atoms with Crippen molar-refractivity contribution in [1.29, 1.82) is 0 Å². The lowest BCUT2D eigenvalue weighted by atomic mass is 10.3. The van der Waals surface area contributed by atoms with Crippen molar-refractivity contribution in [2.75, 3.05) is 11.9 Å². The van der Waals surface area contributed by atoms with E-state index in [0.717, 1.165) is 17.5 Å². The number of aliphatic hydroxyl groups is 1. The first kappa shape index (κ1) is 11.5. The van der Waals surface area contributed by atoms with Crippen molar-refractivity contribution < 1.29 is 14.8 Å². The molecule has 82 valence electrons. The van der Waals surface area contributed by atoms with Gasteiger partial charge >= 0.3 is 5.00 Å². The fraction of sp³-hybridized carbons (Fsp3) is 0.429. The highest BCUT2D eigenvalue weighted by molar-refractivity contribution is 7.18. The number of rotatable bonds is 5. The number of amides is 1. The number of hydrogen-bond donors (Lipinski definition) is 2. The van der Waals surface area contributed by atoms with Crippen molar-refractivity contribution in [3.63, 3.8) is 0 Å². The van der Waals surface area contributed by atoms with Gasteiger partial charge in [0.2, 0.25) is 5.91 Å². The number of carbonyl (C=O) groups is 1. The van der Waals surface area contributed by atoms with Crippen LogP contribution in [0.3, 0.4) is 0 Å². The van der Waals surface area contributed by atoms with E-state index in [1.807, 2.05) is 0 Å². The molecule has 15 heavy (non-hydrogen) atoms. The lowest BCUT2D eigenvalue weighted by molar-refractivity contribution is -0.380. The molecule has 7 nitrogen and oxygen atoms in total. The summed E-state index contributed by atoms with van der Waals surface area (Å²) in [6.45, 7) is -0.0641. The highest BCUT2D eigenvalue weighted by Gasteiger charge is 2.12. The molecule has 2 N–H and O–H groups in total. The molecule has 1 heterocycles. The van der Waals surface area contributed by atoms with E-state index in [4.69, 9.17) is 5.11 Å². The second-order valence-electron chi connectivity index (χ2n) is 2.64. The Morgan fingerprint density at radius 2 is 2.47 bits per heavy atom. The van der Waals surface area contributed by atoms with E-state index in [9.17, 15) is 14.9 Å². The van der Waals surface area contributed by atoms with Crippen LogP contribution in [-0.2, 0) is 4.79 Å². The molecular formula is C7H9N3O4S. The molecule has 0 bridgehead atoms. The Labute approximate surface area is 88.9 Å². The maximum absolute atomic E-state index is 11.1. The molecule has 0 radical (unpaired) electrons. The Balaban J connectivity index is 2.50. The van der Waals surface area contributed by atoms with Crippen molar-refractivity contribution in [3.05, 3.63) is 16.3 Å². The van der Waals surface area contributed by atoms with Gasteiger partial charge in [0.05, 0.1) is 4.92 Å². The molecule has 1 aromatic heterocycles. The molecular weight excluding hydrogens is 222 g/mol. The Hall–Kier alpha value is -1.54. The molecule has 0 unspecified atom stereocenters. The first-order chi connectivity index (χ1) is 7.13. The van der Waals surface area contributed by atoms with Gasteiger partial charge in [-0.2, -0.15) is 0 Å². The number of nitrogens with one attached hydrogen (secondary N) is 1. The predicted molar refractivity (Wildman–Crippen MR) is 53.7 cm³/mol. The Bertz CT molecular complexity index is 365. The summed E-state index contributed by atoms with van der Waals surface area (Å²) in [6.07, 6.45) is 1.62. The highest BCUT2D eigenvalue weighted by atomic mass is 32.1. The number of nitrogens with zero attached hydrogens (tertiary/aromatic N) is 2. The van der Waals surface area contributed by atoms with Gasteiger partial charge in [-0.3, -0.25) is 14.9 Å². The maximum atomic E-state index is 11.1. The van der Waals surface area contributed by atoms with Crippen LogP contribution >= 0.6 is 11.3 Å². The maximum Gasteiger partial charge on any atom is 0.345 e. The van der Waals surface area contributed by atoms with E-state index >= 15 is 0 Å². The summed E-state index contributed by atoms with van der Waals surface area (Å²) in [5, 5.41) is 21.3. The summed E-state index contributed by atoms with van der Waals surface area (Å²) < 4.78 is 0. The molecule has 0 fully saturated rings. The highest BCUT2D eigenvalue weighted by Crippen LogP contribution is 2.24. The van der Waals surface area contributed by atoms with Crippen LogP contribution in [0.15, 0.2) is 6.20 Å². The number of hydrogen-bond acceptors (Lipinski definition) is 6. The Morgan fingerprint density at radius 3 is 3.00 bits per heavy atom. The third-order valence-corrected chi connectivity index (χ3v) is 2.35. The zero-order valence-electron chi connectivity index (χ0n) is 7.67. The van der Waals surface area contributed by atoms with Crippen molar-refractivity contribution in [3.8, 4) is 0 Å². The van der Waals surface area contributed by atoms with Gasteiger partial charge in [-0.1, -0.05) is 0 Å². The average molecular weight is 231 g/mol. The van der Waals surface area contributed by atoms with Gasteiger partial charge < -0.3 is 10.4 Å². The van der Waals surface area contributed by atoms with Crippen LogP contribution in [0.4, 0.5) is 10.1 Å². The Kier molecular flexibility index (Phi) is 4.13. The SMILES string of the molecule is O=C(CCCO)Nc1ncc([N+](=O)[O-])s1. The second-order valence-corrected chi connectivity index (χ2v) is 3.65. The van der Waals surface area contributed by atoms with Crippen molar-refractivity contribution in [2.24, 2.45) is 0 Å². The molecule has 0 aliphatic heterocycles. The van der Waals surface area contributed by atoms with Crippen molar-refractivity contribution >= 4 is 27.4 Å². The first-order valence-corrected chi connectivity index (χ1v) is 4.96. The average Bonchev–Trinajstić information content (AvgIpc) is 2.63. The van der Waals surface area contributed by atoms with E-state index in [0.29, 0.717) is 6.42 Å². The van der Waals surface area contributed by atoms with Crippen LogP contribution in [0.1, 0.15) is 12.8 Å². The van der Waals surface area contributed by atoms with Crippen LogP contribution < -0.4 is 5.32 Å². The van der Waals surface area contributed by atoms with E-state index < -0.39 is 4.92 Å². The number of anilines is 1. The van der Waals surface area contributed by atoms with E-state index in [2.05, 4.69) is 10.3 Å². The second kappa shape index (κ2) is 5.37. The van der Waals surface area contributed by atoms with Crippen LogP contribution in [0.2, 0.25) is 0 Å². The van der Waals surface area contributed by atoms with Gasteiger partial charge in [0.1, 0.15) is 6.20 Å². The fourth-order valence-electron chi connectivity index (χ4n) is 0.829. The molecule has 1 aromatic rings. The van der Waals surface area contributed by atoms with E-state index in [-0.39, 0.29) is 29.1 Å². The summed E-state index contributed by atoms with van der Waals surface area (Å²) in [5.41, 5.74) is 0. The van der Waals surface area contributed by atoms with Gasteiger partial charge in [-0.15, -0.1) is 0 Å². The molecule has 0 saturated heterocycles. The predicted octanol–water partition coefficient (Wildman–Crippen LogP) is 0.762. The van der Waals surface area contributed by atoms with Crippen molar-refractivity contribution in [2.45, 2.75) is 12.8 Å². The lowest BCUT2D eigenvalue weighted by Crippen LogP contribution is -2.11. The van der Waals surface area contributed by atoms with Crippen molar-refractivity contribution in [1.82, 2.24) is 4.98 Å². The molecule has 8 heteroatoms. The standard InChI is InChI=1S/C7H9N3O4S/c11-3-1-2-5(12)9-7-8-4-6(15-7)10(13)14/h4,11H,1-3H2,(H,8,9,12). The third-order valence-electron chi connectivity index (χ3n) is 1.48. The van der Waals surface area contributed by atoms with Gasteiger partial charge in [0, 0.05) is 13.0 Å². The monoisotopic (exact) mass is 231 g/mol. The zero-order chi connectivity index (χ0) is 11.3. The molecule has 0 aromatic carbocycles.